The van der Waals surface area contributed by atoms with Crippen LogP contribution in [-0.4, -0.2) is 45.6 Å². The van der Waals surface area contributed by atoms with Gasteiger partial charge in [0.05, 0.1) is 13.2 Å². The molecule has 0 amide bonds. The molecule has 0 aliphatic carbocycles. The zero-order valence-corrected chi connectivity index (χ0v) is 12.5. The van der Waals surface area contributed by atoms with Crippen molar-refractivity contribution in [1.29, 1.82) is 0 Å². The van der Waals surface area contributed by atoms with E-state index in [1.807, 2.05) is 13.1 Å². The van der Waals surface area contributed by atoms with Crippen molar-refractivity contribution in [2.24, 2.45) is 0 Å². The van der Waals surface area contributed by atoms with Gasteiger partial charge in [-0.1, -0.05) is 15.9 Å². The molecule has 0 fully saturated rings. The molecule has 5 heteroatoms. The van der Waals surface area contributed by atoms with Gasteiger partial charge in [0.1, 0.15) is 0 Å². The number of halogens is 1. The summed E-state index contributed by atoms with van der Waals surface area (Å²) < 4.78 is 6.18. The van der Waals surface area contributed by atoms with Gasteiger partial charge in [0.15, 0.2) is 0 Å². The maximum absolute atomic E-state index is 9.17. The van der Waals surface area contributed by atoms with Gasteiger partial charge in [-0.05, 0) is 30.8 Å². The molecule has 0 bridgehead atoms. The van der Waals surface area contributed by atoms with Gasteiger partial charge in [0.25, 0.3) is 0 Å². The number of benzene rings is 1. The van der Waals surface area contributed by atoms with Crippen LogP contribution in [0.4, 0.5) is 5.69 Å². The van der Waals surface area contributed by atoms with Crippen molar-refractivity contribution in [3.63, 3.8) is 0 Å². The lowest BCUT2D eigenvalue weighted by molar-refractivity contribution is 0.203. The molecular formula is C13H21BrN2O2. The molecule has 2 N–H and O–H groups in total. The average molecular weight is 317 g/mol. The predicted molar refractivity (Wildman–Crippen MR) is 78.1 cm³/mol. The summed E-state index contributed by atoms with van der Waals surface area (Å²) in [7, 11) is 3.61. The van der Waals surface area contributed by atoms with Crippen LogP contribution >= 0.6 is 15.9 Å². The topological polar surface area (TPSA) is 44.7 Å². The van der Waals surface area contributed by atoms with Crippen molar-refractivity contribution in [3.8, 4) is 0 Å². The Labute approximate surface area is 117 Å². The Morgan fingerprint density at radius 2 is 2.17 bits per heavy atom. The van der Waals surface area contributed by atoms with Crippen LogP contribution in [0.2, 0.25) is 0 Å². The number of methoxy groups -OCH3 is 1. The van der Waals surface area contributed by atoms with Gasteiger partial charge in [-0.3, -0.25) is 0 Å². The predicted octanol–water partition coefficient (Wildman–Crippen LogP) is 1.61. The molecule has 0 aromatic heterocycles. The normalized spacial score (nSPS) is 10.7. The fourth-order valence-corrected chi connectivity index (χ4v) is 2.28. The van der Waals surface area contributed by atoms with Gasteiger partial charge in [0.2, 0.25) is 0 Å². The molecule has 0 unspecified atom stereocenters. The highest BCUT2D eigenvalue weighted by Gasteiger charge is 2.10. The number of nitrogens with one attached hydrogen (secondary N) is 1. The van der Waals surface area contributed by atoms with Crippen LogP contribution in [0.15, 0.2) is 22.7 Å². The van der Waals surface area contributed by atoms with E-state index in [1.54, 1.807) is 7.11 Å². The van der Waals surface area contributed by atoms with Crippen LogP contribution in [0.25, 0.3) is 0 Å². The van der Waals surface area contributed by atoms with Crippen molar-refractivity contribution in [3.05, 3.63) is 28.2 Å². The first-order chi connectivity index (χ1) is 8.72. The summed E-state index contributed by atoms with van der Waals surface area (Å²) in [6.45, 7) is 2.97. The highest BCUT2D eigenvalue weighted by atomic mass is 79.9. The summed E-state index contributed by atoms with van der Waals surface area (Å²) in [6, 6.07) is 6.19. The van der Waals surface area contributed by atoms with Crippen molar-refractivity contribution in [1.82, 2.24) is 5.32 Å². The minimum absolute atomic E-state index is 0.138. The lowest BCUT2D eigenvalue weighted by atomic mass is 10.1. The lowest BCUT2D eigenvalue weighted by Gasteiger charge is -2.26. The first-order valence-corrected chi connectivity index (χ1v) is 6.80. The molecule has 18 heavy (non-hydrogen) atoms. The first-order valence-electron chi connectivity index (χ1n) is 6.00. The Morgan fingerprint density at radius 3 is 2.78 bits per heavy atom. The molecule has 1 rings (SSSR count). The highest BCUT2D eigenvalue weighted by molar-refractivity contribution is 9.10. The van der Waals surface area contributed by atoms with Crippen molar-refractivity contribution >= 4 is 21.6 Å². The number of ether oxygens (including phenoxy) is 1. The fourth-order valence-electron chi connectivity index (χ4n) is 1.87. The summed E-state index contributed by atoms with van der Waals surface area (Å²) in [5, 5.41) is 12.3. The van der Waals surface area contributed by atoms with Crippen LogP contribution in [0.3, 0.4) is 0 Å². The van der Waals surface area contributed by atoms with Crippen LogP contribution in [-0.2, 0) is 11.3 Å². The van der Waals surface area contributed by atoms with Gasteiger partial charge in [-0.15, -0.1) is 0 Å². The molecule has 0 saturated carbocycles. The van der Waals surface area contributed by atoms with E-state index in [0.29, 0.717) is 13.2 Å². The Morgan fingerprint density at radius 1 is 1.39 bits per heavy atom. The van der Waals surface area contributed by atoms with Crippen LogP contribution in [0.5, 0.6) is 0 Å². The number of anilines is 1. The minimum atomic E-state index is 0.138. The van der Waals surface area contributed by atoms with Crippen molar-refractivity contribution in [2.45, 2.75) is 6.54 Å². The molecular weight excluding hydrogens is 296 g/mol. The maximum atomic E-state index is 9.17. The Balaban J connectivity index is 2.93. The molecule has 0 heterocycles. The van der Waals surface area contributed by atoms with E-state index in [9.17, 15) is 0 Å². The zero-order valence-electron chi connectivity index (χ0n) is 10.9. The zero-order chi connectivity index (χ0) is 13.4. The number of hydrogen-bond donors (Lipinski definition) is 2. The van der Waals surface area contributed by atoms with E-state index in [0.717, 1.165) is 23.2 Å². The van der Waals surface area contributed by atoms with Crippen LogP contribution < -0.4 is 10.2 Å². The molecule has 0 spiro atoms. The third-order valence-corrected chi connectivity index (χ3v) is 3.18. The SMILES string of the molecule is CNCc1cc(Br)ccc1N(CCO)CCOC. The second kappa shape index (κ2) is 8.48. The number of aliphatic hydroxyl groups excluding tert-OH is 1. The maximum Gasteiger partial charge on any atom is 0.0637 e. The average Bonchev–Trinajstić information content (AvgIpc) is 2.36. The second-order valence-corrected chi connectivity index (χ2v) is 4.92. The summed E-state index contributed by atoms with van der Waals surface area (Å²) in [6.07, 6.45) is 0. The Bertz CT molecular complexity index is 361. The number of nitrogens with zero attached hydrogens (tertiary/aromatic N) is 1. The molecule has 1 aromatic carbocycles. The van der Waals surface area contributed by atoms with Crippen LogP contribution in [0, 0.1) is 0 Å². The third-order valence-electron chi connectivity index (χ3n) is 2.68. The first kappa shape index (κ1) is 15.4. The smallest absolute Gasteiger partial charge is 0.0637 e. The number of rotatable bonds is 8. The van der Waals surface area contributed by atoms with E-state index < -0.39 is 0 Å². The van der Waals surface area contributed by atoms with E-state index in [1.165, 1.54) is 5.56 Å². The Kier molecular flexibility index (Phi) is 7.27. The lowest BCUT2D eigenvalue weighted by Crippen LogP contribution is -2.31. The summed E-state index contributed by atoms with van der Waals surface area (Å²) >= 11 is 3.49. The monoisotopic (exact) mass is 316 g/mol. The van der Waals surface area contributed by atoms with E-state index in [-0.39, 0.29) is 6.61 Å². The molecule has 0 saturated heterocycles. The molecule has 0 aliphatic heterocycles. The van der Waals surface area contributed by atoms with Crippen molar-refractivity contribution in [2.75, 3.05) is 45.4 Å². The quantitative estimate of drug-likeness (QED) is 0.765. The third kappa shape index (κ3) is 4.57. The largest absolute Gasteiger partial charge is 0.395 e. The van der Waals surface area contributed by atoms with E-state index >= 15 is 0 Å². The van der Waals surface area contributed by atoms with E-state index in [4.69, 9.17) is 9.84 Å². The molecule has 0 aliphatic rings. The summed E-state index contributed by atoms with van der Waals surface area (Å²) in [5.74, 6) is 0. The molecule has 4 nitrogen and oxygen atoms in total. The highest BCUT2D eigenvalue weighted by Crippen LogP contribution is 2.24. The molecule has 0 radical (unpaired) electrons. The van der Waals surface area contributed by atoms with Gasteiger partial charge in [-0.2, -0.15) is 0 Å². The molecule has 0 atom stereocenters. The molecule has 1 aromatic rings. The minimum Gasteiger partial charge on any atom is -0.395 e. The van der Waals surface area contributed by atoms with Gasteiger partial charge >= 0.3 is 0 Å². The van der Waals surface area contributed by atoms with Crippen molar-refractivity contribution < 1.29 is 9.84 Å². The van der Waals surface area contributed by atoms with Gasteiger partial charge in [-0.25, -0.2) is 0 Å². The second-order valence-electron chi connectivity index (χ2n) is 4.01. The standard InChI is InChI=1S/C13H21BrN2O2/c1-15-10-11-9-12(14)3-4-13(11)16(5-7-17)6-8-18-2/h3-4,9,15,17H,5-8,10H2,1-2H3. The van der Waals surface area contributed by atoms with Gasteiger partial charge in [0, 0.05) is 36.9 Å². The number of aliphatic hydroxyl groups is 1. The fraction of sp³-hybridized carbons (Fsp3) is 0.538. The summed E-state index contributed by atoms with van der Waals surface area (Å²) in [5.41, 5.74) is 2.34. The van der Waals surface area contributed by atoms with Crippen LogP contribution in [0.1, 0.15) is 5.56 Å². The van der Waals surface area contributed by atoms with Gasteiger partial charge < -0.3 is 20.1 Å². The summed E-state index contributed by atoms with van der Waals surface area (Å²) in [4.78, 5) is 2.14. The molecule has 102 valence electrons. The van der Waals surface area contributed by atoms with E-state index in [2.05, 4.69) is 38.3 Å². The Hall–Kier alpha value is -0.620. The number of hydrogen-bond acceptors (Lipinski definition) is 4.